The number of hydrogen-bond donors (Lipinski definition) is 1. The molecule has 0 aromatic carbocycles. The summed E-state index contributed by atoms with van der Waals surface area (Å²) in [5.41, 5.74) is 0. The van der Waals surface area contributed by atoms with Gasteiger partial charge in [-0.05, 0) is 25.7 Å². The van der Waals surface area contributed by atoms with Crippen molar-refractivity contribution < 1.29 is 9.53 Å². The summed E-state index contributed by atoms with van der Waals surface area (Å²) in [7, 11) is 0. The fourth-order valence-electron chi connectivity index (χ4n) is 2.88. The van der Waals surface area contributed by atoms with E-state index in [4.69, 9.17) is 4.74 Å². The molecule has 0 spiro atoms. The Morgan fingerprint density at radius 2 is 2.11 bits per heavy atom. The number of hydrogen-bond acceptors (Lipinski definition) is 2. The van der Waals surface area contributed by atoms with E-state index in [1.54, 1.807) is 6.08 Å². The van der Waals surface area contributed by atoms with Gasteiger partial charge in [0.15, 0.2) is 0 Å². The first-order valence-electron chi connectivity index (χ1n) is 7.08. The van der Waals surface area contributed by atoms with Crippen LogP contribution in [0.3, 0.4) is 0 Å². The van der Waals surface area contributed by atoms with E-state index < -0.39 is 0 Å². The standard InChI is InChI=1S/C14H24N2O2/c1-2-9-15-14(17)16(12-6-3-4-7-12)11-13-8-5-10-18-13/h2,12-13H,1,3-11H2,(H,15,17). The Bertz CT molecular complexity index is 282. The minimum absolute atomic E-state index is 0.0392. The van der Waals surface area contributed by atoms with Gasteiger partial charge in [-0.1, -0.05) is 18.9 Å². The molecule has 18 heavy (non-hydrogen) atoms. The van der Waals surface area contributed by atoms with Gasteiger partial charge >= 0.3 is 6.03 Å². The maximum Gasteiger partial charge on any atom is 0.317 e. The minimum Gasteiger partial charge on any atom is -0.376 e. The van der Waals surface area contributed by atoms with Crippen LogP contribution in [-0.4, -0.2) is 42.8 Å². The predicted octanol–water partition coefficient (Wildman–Crippen LogP) is 2.31. The van der Waals surface area contributed by atoms with Crippen LogP contribution in [-0.2, 0) is 4.74 Å². The number of carbonyl (C=O) groups excluding carboxylic acids is 1. The molecule has 1 unspecified atom stereocenters. The molecule has 2 fully saturated rings. The van der Waals surface area contributed by atoms with Gasteiger partial charge in [0, 0.05) is 25.7 Å². The topological polar surface area (TPSA) is 41.6 Å². The summed E-state index contributed by atoms with van der Waals surface area (Å²) < 4.78 is 5.66. The maximum atomic E-state index is 12.2. The van der Waals surface area contributed by atoms with Crippen LogP contribution in [0, 0.1) is 0 Å². The molecule has 102 valence electrons. The Labute approximate surface area is 109 Å². The Morgan fingerprint density at radius 1 is 1.33 bits per heavy atom. The second-order valence-corrected chi connectivity index (χ2v) is 5.20. The Balaban J connectivity index is 1.91. The highest BCUT2D eigenvalue weighted by atomic mass is 16.5. The summed E-state index contributed by atoms with van der Waals surface area (Å²) in [4.78, 5) is 14.2. The SMILES string of the molecule is C=CCNC(=O)N(CC1CCCO1)C1CCCC1. The van der Waals surface area contributed by atoms with Gasteiger partial charge in [0.05, 0.1) is 6.10 Å². The third kappa shape index (κ3) is 3.48. The van der Waals surface area contributed by atoms with Crippen molar-refractivity contribution >= 4 is 6.03 Å². The molecule has 0 aromatic rings. The third-order valence-corrected chi connectivity index (χ3v) is 3.85. The van der Waals surface area contributed by atoms with Crippen molar-refractivity contribution in [3.63, 3.8) is 0 Å². The van der Waals surface area contributed by atoms with Crippen LogP contribution >= 0.6 is 0 Å². The molecule has 1 saturated heterocycles. The Hall–Kier alpha value is -1.03. The first-order valence-corrected chi connectivity index (χ1v) is 7.08. The van der Waals surface area contributed by atoms with Crippen molar-refractivity contribution in [1.82, 2.24) is 10.2 Å². The van der Waals surface area contributed by atoms with Crippen molar-refractivity contribution in [1.29, 1.82) is 0 Å². The molecule has 4 heteroatoms. The molecule has 2 rings (SSSR count). The van der Waals surface area contributed by atoms with Gasteiger partial charge in [-0.3, -0.25) is 0 Å². The summed E-state index contributed by atoms with van der Waals surface area (Å²) in [6.07, 6.45) is 8.90. The number of amides is 2. The summed E-state index contributed by atoms with van der Waals surface area (Å²) >= 11 is 0. The first-order chi connectivity index (χ1) is 8.81. The molecule has 0 aromatic heterocycles. The summed E-state index contributed by atoms with van der Waals surface area (Å²) in [6, 6.07) is 0.441. The smallest absolute Gasteiger partial charge is 0.317 e. The molecule has 0 bridgehead atoms. The van der Waals surface area contributed by atoms with Gasteiger partial charge < -0.3 is 15.0 Å². The number of rotatable bonds is 5. The normalized spacial score (nSPS) is 24.1. The minimum atomic E-state index is 0.0392. The van der Waals surface area contributed by atoms with Crippen molar-refractivity contribution in [3.05, 3.63) is 12.7 Å². The van der Waals surface area contributed by atoms with Crippen LogP contribution in [0.4, 0.5) is 4.79 Å². The second-order valence-electron chi connectivity index (χ2n) is 5.20. The van der Waals surface area contributed by atoms with E-state index in [0.717, 1.165) is 38.8 Å². The highest BCUT2D eigenvalue weighted by Gasteiger charge is 2.29. The lowest BCUT2D eigenvalue weighted by Gasteiger charge is -2.31. The summed E-state index contributed by atoms with van der Waals surface area (Å²) in [5, 5.41) is 2.90. The van der Waals surface area contributed by atoms with Crippen LogP contribution in [0.25, 0.3) is 0 Å². The van der Waals surface area contributed by atoms with Crippen molar-refractivity contribution in [2.75, 3.05) is 19.7 Å². The highest BCUT2D eigenvalue weighted by molar-refractivity contribution is 5.74. The Kier molecular flexibility index (Phi) is 5.05. The summed E-state index contributed by atoms with van der Waals surface area (Å²) in [5.74, 6) is 0. The van der Waals surface area contributed by atoms with Gasteiger partial charge in [0.2, 0.25) is 0 Å². The number of ether oxygens (including phenoxy) is 1. The number of urea groups is 1. The molecule has 1 atom stereocenters. The van der Waals surface area contributed by atoms with Gasteiger partial charge in [0.1, 0.15) is 0 Å². The molecule has 4 nitrogen and oxygen atoms in total. The highest BCUT2D eigenvalue weighted by Crippen LogP contribution is 2.25. The quantitative estimate of drug-likeness (QED) is 0.763. The molecule has 1 aliphatic carbocycles. The van der Waals surface area contributed by atoms with Crippen LogP contribution in [0.2, 0.25) is 0 Å². The molecule has 1 N–H and O–H groups in total. The zero-order chi connectivity index (χ0) is 12.8. The molecule has 0 radical (unpaired) electrons. The average Bonchev–Trinajstić information content (AvgIpc) is 3.05. The lowest BCUT2D eigenvalue weighted by molar-refractivity contribution is 0.0702. The summed E-state index contributed by atoms with van der Waals surface area (Å²) in [6.45, 7) is 5.76. The van der Waals surface area contributed by atoms with Crippen LogP contribution in [0.5, 0.6) is 0 Å². The van der Waals surface area contributed by atoms with Crippen molar-refractivity contribution in [2.24, 2.45) is 0 Å². The van der Waals surface area contributed by atoms with E-state index in [-0.39, 0.29) is 12.1 Å². The fourth-order valence-corrected chi connectivity index (χ4v) is 2.88. The molecule has 1 heterocycles. The lowest BCUT2D eigenvalue weighted by atomic mass is 10.1. The lowest BCUT2D eigenvalue weighted by Crippen LogP contribution is -2.48. The zero-order valence-corrected chi connectivity index (χ0v) is 11.1. The maximum absolute atomic E-state index is 12.2. The second kappa shape index (κ2) is 6.78. The van der Waals surface area contributed by atoms with Crippen LogP contribution in [0.1, 0.15) is 38.5 Å². The van der Waals surface area contributed by atoms with E-state index >= 15 is 0 Å². The molecular formula is C14H24N2O2. The van der Waals surface area contributed by atoms with E-state index in [0.29, 0.717) is 12.6 Å². The molecule has 2 amide bonds. The third-order valence-electron chi connectivity index (χ3n) is 3.85. The number of nitrogens with one attached hydrogen (secondary N) is 1. The number of nitrogens with zero attached hydrogens (tertiary/aromatic N) is 1. The van der Waals surface area contributed by atoms with E-state index in [9.17, 15) is 4.79 Å². The van der Waals surface area contributed by atoms with E-state index in [1.165, 1.54) is 12.8 Å². The van der Waals surface area contributed by atoms with E-state index in [2.05, 4.69) is 11.9 Å². The van der Waals surface area contributed by atoms with E-state index in [1.807, 2.05) is 4.90 Å². The van der Waals surface area contributed by atoms with Crippen LogP contribution in [0.15, 0.2) is 12.7 Å². The largest absolute Gasteiger partial charge is 0.376 e. The van der Waals surface area contributed by atoms with Gasteiger partial charge in [-0.15, -0.1) is 6.58 Å². The zero-order valence-electron chi connectivity index (χ0n) is 11.1. The van der Waals surface area contributed by atoms with Gasteiger partial charge in [-0.25, -0.2) is 4.79 Å². The van der Waals surface area contributed by atoms with Crippen LogP contribution < -0.4 is 5.32 Å². The van der Waals surface area contributed by atoms with Gasteiger partial charge in [0.25, 0.3) is 0 Å². The predicted molar refractivity (Wildman–Crippen MR) is 71.5 cm³/mol. The van der Waals surface area contributed by atoms with Crippen molar-refractivity contribution in [3.8, 4) is 0 Å². The average molecular weight is 252 g/mol. The molecule has 1 saturated carbocycles. The molecule has 1 aliphatic heterocycles. The molecule has 2 aliphatic rings. The fraction of sp³-hybridized carbons (Fsp3) is 0.786. The Morgan fingerprint density at radius 3 is 2.72 bits per heavy atom. The number of carbonyl (C=O) groups is 1. The van der Waals surface area contributed by atoms with Crippen molar-refractivity contribution in [2.45, 2.75) is 50.7 Å². The first kappa shape index (κ1) is 13.4. The monoisotopic (exact) mass is 252 g/mol. The molecular weight excluding hydrogens is 228 g/mol. The van der Waals surface area contributed by atoms with Gasteiger partial charge in [-0.2, -0.15) is 0 Å².